The van der Waals surface area contributed by atoms with Gasteiger partial charge in [-0.2, -0.15) is 18.4 Å². The van der Waals surface area contributed by atoms with Crippen molar-refractivity contribution in [2.24, 2.45) is 0 Å². The van der Waals surface area contributed by atoms with Gasteiger partial charge < -0.3 is 5.32 Å². The molecule has 1 N–H and O–H groups in total. The summed E-state index contributed by atoms with van der Waals surface area (Å²) in [6.45, 7) is 2.20. The smallest absolute Gasteiger partial charge is 0.314 e. The summed E-state index contributed by atoms with van der Waals surface area (Å²) in [5.74, 6) is -0.715. The molecule has 1 aromatic rings. The SMILES string of the molecule is N#Cc1cc([C@H](CC(F)(F)F)N2CCNCC2)ccc1F. The molecular weight excluding hydrogens is 286 g/mol. The second kappa shape index (κ2) is 6.41. The van der Waals surface area contributed by atoms with Crippen LogP contribution in [0.1, 0.15) is 23.6 Å². The predicted octanol–water partition coefficient (Wildman–Crippen LogP) is 2.60. The third-order valence-electron chi connectivity index (χ3n) is 3.51. The van der Waals surface area contributed by atoms with Gasteiger partial charge in [0.05, 0.1) is 12.0 Å². The van der Waals surface area contributed by atoms with Gasteiger partial charge in [-0.15, -0.1) is 0 Å². The average Bonchev–Trinajstić information content (AvgIpc) is 2.45. The minimum absolute atomic E-state index is 0.227. The molecule has 1 aromatic carbocycles. The maximum absolute atomic E-state index is 13.3. The molecule has 1 aliphatic heterocycles. The summed E-state index contributed by atoms with van der Waals surface area (Å²) in [6.07, 6.45) is -5.33. The number of rotatable bonds is 3. The van der Waals surface area contributed by atoms with E-state index in [-0.39, 0.29) is 5.56 Å². The number of hydrogen-bond donors (Lipinski definition) is 1. The highest BCUT2D eigenvalue weighted by atomic mass is 19.4. The zero-order valence-electron chi connectivity index (χ0n) is 11.3. The highest BCUT2D eigenvalue weighted by Gasteiger charge is 2.36. The second-order valence-corrected chi connectivity index (χ2v) is 4.97. The van der Waals surface area contributed by atoms with Gasteiger partial charge in [0.25, 0.3) is 0 Å². The van der Waals surface area contributed by atoms with Crippen LogP contribution in [0, 0.1) is 17.1 Å². The van der Waals surface area contributed by atoms with Gasteiger partial charge in [0.1, 0.15) is 11.9 Å². The van der Waals surface area contributed by atoms with E-state index in [1.165, 1.54) is 12.1 Å². The number of benzene rings is 1. The average molecular weight is 301 g/mol. The first-order valence-corrected chi connectivity index (χ1v) is 6.62. The van der Waals surface area contributed by atoms with Gasteiger partial charge >= 0.3 is 6.18 Å². The van der Waals surface area contributed by atoms with Crippen LogP contribution < -0.4 is 5.32 Å². The van der Waals surface area contributed by atoms with Crippen LogP contribution in [0.3, 0.4) is 0 Å². The number of nitrogens with zero attached hydrogens (tertiary/aromatic N) is 2. The minimum Gasteiger partial charge on any atom is -0.314 e. The van der Waals surface area contributed by atoms with E-state index in [9.17, 15) is 17.6 Å². The number of halogens is 4. The first-order valence-electron chi connectivity index (χ1n) is 6.62. The highest BCUT2D eigenvalue weighted by Crippen LogP contribution is 2.34. The molecular formula is C14H15F4N3. The molecule has 21 heavy (non-hydrogen) atoms. The van der Waals surface area contributed by atoms with Gasteiger partial charge in [-0.05, 0) is 17.7 Å². The Morgan fingerprint density at radius 2 is 1.95 bits per heavy atom. The van der Waals surface area contributed by atoms with Crippen molar-refractivity contribution < 1.29 is 17.6 Å². The minimum atomic E-state index is -4.32. The molecule has 0 radical (unpaired) electrons. The molecule has 0 aromatic heterocycles. The molecule has 1 saturated heterocycles. The van der Waals surface area contributed by atoms with E-state index in [1.807, 2.05) is 0 Å². The van der Waals surface area contributed by atoms with Crippen molar-refractivity contribution in [1.29, 1.82) is 5.26 Å². The summed E-state index contributed by atoms with van der Waals surface area (Å²) in [5.41, 5.74) is 0.0991. The Hall–Kier alpha value is -1.65. The Kier molecular flexibility index (Phi) is 4.80. The summed E-state index contributed by atoms with van der Waals surface area (Å²) in [4.78, 5) is 1.72. The lowest BCUT2D eigenvalue weighted by molar-refractivity contribution is -0.148. The van der Waals surface area contributed by atoms with Crippen LogP contribution in [0.2, 0.25) is 0 Å². The van der Waals surface area contributed by atoms with E-state index < -0.39 is 24.5 Å². The summed E-state index contributed by atoms with van der Waals surface area (Å²) >= 11 is 0. The Morgan fingerprint density at radius 3 is 2.52 bits per heavy atom. The van der Waals surface area contributed by atoms with Gasteiger partial charge in [-0.1, -0.05) is 6.07 Å². The van der Waals surface area contributed by atoms with Gasteiger partial charge in [0, 0.05) is 32.2 Å². The fourth-order valence-corrected chi connectivity index (χ4v) is 2.51. The van der Waals surface area contributed by atoms with E-state index in [0.29, 0.717) is 31.7 Å². The lowest BCUT2D eigenvalue weighted by atomic mass is 9.98. The van der Waals surface area contributed by atoms with Crippen molar-refractivity contribution in [2.75, 3.05) is 26.2 Å². The predicted molar refractivity (Wildman–Crippen MR) is 69.0 cm³/mol. The van der Waals surface area contributed by atoms with Crippen molar-refractivity contribution >= 4 is 0 Å². The first-order chi connectivity index (χ1) is 9.90. The van der Waals surface area contributed by atoms with Crippen LogP contribution >= 0.6 is 0 Å². The molecule has 1 aliphatic rings. The number of nitriles is 1. The largest absolute Gasteiger partial charge is 0.390 e. The maximum atomic E-state index is 13.3. The van der Waals surface area contributed by atoms with Crippen LogP contribution in [0.5, 0.6) is 0 Å². The van der Waals surface area contributed by atoms with Crippen molar-refractivity contribution in [3.8, 4) is 6.07 Å². The molecule has 0 saturated carbocycles. The molecule has 2 rings (SSSR count). The summed E-state index contributed by atoms with van der Waals surface area (Å²) in [7, 11) is 0. The third kappa shape index (κ3) is 4.16. The lowest BCUT2D eigenvalue weighted by Crippen LogP contribution is -2.46. The molecule has 0 aliphatic carbocycles. The summed E-state index contributed by atoms with van der Waals surface area (Å²) in [6, 6.07) is 4.38. The molecule has 0 amide bonds. The molecule has 1 heterocycles. The van der Waals surface area contributed by atoms with E-state index in [4.69, 9.17) is 5.26 Å². The standard InChI is InChI=1S/C14H15F4N3/c15-12-2-1-10(7-11(12)9-19)13(8-14(16,17)18)21-5-3-20-4-6-21/h1-2,7,13,20H,3-6,8H2/t13-/m0/s1. The molecule has 0 spiro atoms. The lowest BCUT2D eigenvalue weighted by Gasteiger charge is -2.35. The Bertz CT molecular complexity index is 530. The number of nitrogens with one attached hydrogen (secondary N) is 1. The van der Waals surface area contributed by atoms with E-state index in [1.54, 1.807) is 11.0 Å². The fourth-order valence-electron chi connectivity index (χ4n) is 2.51. The van der Waals surface area contributed by atoms with Crippen molar-refractivity contribution in [2.45, 2.75) is 18.6 Å². The van der Waals surface area contributed by atoms with Gasteiger partial charge in [-0.25, -0.2) is 4.39 Å². The van der Waals surface area contributed by atoms with Crippen molar-refractivity contribution in [1.82, 2.24) is 10.2 Å². The van der Waals surface area contributed by atoms with E-state index >= 15 is 0 Å². The first kappa shape index (κ1) is 15.7. The molecule has 3 nitrogen and oxygen atoms in total. The Balaban J connectivity index is 2.32. The highest BCUT2D eigenvalue weighted by molar-refractivity contribution is 5.36. The quantitative estimate of drug-likeness (QED) is 0.872. The topological polar surface area (TPSA) is 39.1 Å². The van der Waals surface area contributed by atoms with E-state index in [2.05, 4.69) is 5.32 Å². The number of piperazine rings is 1. The van der Waals surface area contributed by atoms with Crippen LogP contribution in [0.25, 0.3) is 0 Å². The zero-order chi connectivity index (χ0) is 15.5. The monoisotopic (exact) mass is 301 g/mol. The molecule has 0 bridgehead atoms. The summed E-state index contributed by atoms with van der Waals surface area (Å²) in [5, 5.41) is 11.9. The van der Waals surface area contributed by atoms with Crippen molar-refractivity contribution in [3.63, 3.8) is 0 Å². The molecule has 1 fully saturated rings. The van der Waals surface area contributed by atoms with Gasteiger partial charge in [0.15, 0.2) is 0 Å². The summed E-state index contributed by atoms with van der Waals surface area (Å²) < 4.78 is 51.8. The molecule has 0 unspecified atom stereocenters. The van der Waals surface area contributed by atoms with E-state index in [0.717, 1.165) is 6.07 Å². The van der Waals surface area contributed by atoms with Gasteiger partial charge in [0.2, 0.25) is 0 Å². The van der Waals surface area contributed by atoms with Gasteiger partial charge in [-0.3, -0.25) is 4.90 Å². The number of alkyl halides is 3. The molecule has 1 atom stereocenters. The fraction of sp³-hybridized carbons (Fsp3) is 0.500. The molecule has 114 valence electrons. The zero-order valence-corrected chi connectivity index (χ0v) is 11.3. The Morgan fingerprint density at radius 1 is 1.29 bits per heavy atom. The van der Waals surface area contributed by atoms with Crippen LogP contribution in [-0.4, -0.2) is 37.3 Å². The Labute approximate surface area is 120 Å². The number of hydrogen-bond acceptors (Lipinski definition) is 3. The van der Waals surface area contributed by atoms with Crippen LogP contribution in [-0.2, 0) is 0 Å². The van der Waals surface area contributed by atoms with Crippen LogP contribution in [0.15, 0.2) is 18.2 Å². The maximum Gasteiger partial charge on any atom is 0.390 e. The van der Waals surface area contributed by atoms with Crippen molar-refractivity contribution in [3.05, 3.63) is 35.1 Å². The third-order valence-corrected chi connectivity index (χ3v) is 3.51. The molecule has 7 heteroatoms. The normalized spacial score (nSPS) is 18.2. The second-order valence-electron chi connectivity index (χ2n) is 4.97. The van der Waals surface area contributed by atoms with Crippen LogP contribution in [0.4, 0.5) is 17.6 Å².